The minimum absolute atomic E-state index is 0.611. The third-order valence-electron chi connectivity index (χ3n) is 3.26. The summed E-state index contributed by atoms with van der Waals surface area (Å²) in [6.45, 7) is 5.03. The quantitative estimate of drug-likeness (QED) is 0.699. The van der Waals surface area contributed by atoms with Gasteiger partial charge < -0.3 is 15.0 Å². The van der Waals surface area contributed by atoms with E-state index in [2.05, 4.69) is 37.6 Å². The molecule has 3 nitrogen and oxygen atoms in total. The standard InChI is InChI=1S/C13H20N2O/c1-4-16-11-5-6-12-10(7-11)8-14-9-13(12)15(2)3/h5-7,13-14H,4,8-9H2,1-3H3/p+2/t13-/m0/s1. The van der Waals surface area contributed by atoms with Gasteiger partial charge in [-0.1, -0.05) is 0 Å². The van der Waals surface area contributed by atoms with Crippen molar-refractivity contribution >= 4 is 0 Å². The zero-order chi connectivity index (χ0) is 11.5. The Labute approximate surface area is 97.4 Å². The average molecular weight is 222 g/mol. The molecule has 0 saturated heterocycles. The fourth-order valence-electron chi connectivity index (χ4n) is 2.43. The predicted octanol–water partition coefficient (Wildman–Crippen LogP) is -0.652. The lowest BCUT2D eigenvalue weighted by atomic mass is 9.96. The van der Waals surface area contributed by atoms with Crippen molar-refractivity contribution in [3.05, 3.63) is 29.3 Å². The van der Waals surface area contributed by atoms with Gasteiger partial charge in [-0.15, -0.1) is 0 Å². The maximum atomic E-state index is 5.55. The number of rotatable bonds is 3. The summed E-state index contributed by atoms with van der Waals surface area (Å²) < 4.78 is 5.55. The van der Waals surface area contributed by atoms with E-state index in [1.807, 2.05) is 6.92 Å². The first-order valence-electron chi connectivity index (χ1n) is 6.09. The van der Waals surface area contributed by atoms with E-state index in [0.29, 0.717) is 6.04 Å². The van der Waals surface area contributed by atoms with Crippen LogP contribution in [0, 0.1) is 0 Å². The van der Waals surface area contributed by atoms with Crippen molar-refractivity contribution in [2.24, 2.45) is 0 Å². The van der Waals surface area contributed by atoms with Crippen LogP contribution in [-0.2, 0) is 6.54 Å². The molecule has 1 heterocycles. The van der Waals surface area contributed by atoms with Gasteiger partial charge in [-0.3, -0.25) is 0 Å². The Hall–Kier alpha value is -1.06. The number of nitrogens with one attached hydrogen (secondary N) is 1. The highest BCUT2D eigenvalue weighted by Gasteiger charge is 2.27. The lowest BCUT2D eigenvalue weighted by molar-refractivity contribution is -0.912. The van der Waals surface area contributed by atoms with E-state index < -0.39 is 0 Å². The van der Waals surface area contributed by atoms with Gasteiger partial charge in [-0.05, 0) is 25.1 Å². The molecule has 2 rings (SSSR count). The Morgan fingerprint density at radius 3 is 2.94 bits per heavy atom. The topological polar surface area (TPSA) is 30.3 Å². The normalized spacial score (nSPS) is 19.6. The van der Waals surface area contributed by atoms with E-state index in [0.717, 1.165) is 18.9 Å². The van der Waals surface area contributed by atoms with Crippen LogP contribution in [0.15, 0.2) is 18.2 Å². The molecule has 0 amide bonds. The minimum atomic E-state index is 0.611. The van der Waals surface area contributed by atoms with E-state index in [1.165, 1.54) is 22.6 Å². The van der Waals surface area contributed by atoms with Gasteiger partial charge in [-0.2, -0.15) is 0 Å². The highest BCUT2D eigenvalue weighted by molar-refractivity contribution is 5.37. The minimum Gasteiger partial charge on any atom is -0.494 e. The largest absolute Gasteiger partial charge is 0.494 e. The molecule has 0 spiro atoms. The zero-order valence-electron chi connectivity index (χ0n) is 10.4. The maximum absolute atomic E-state index is 5.55. The second-order valence-electron chi connectivity index (χ2n) is 4.65. The summed E-state index contributed by atoms with van der Waals surface area (Å²) in [7, 11) is 4.45. The van der Waals surface area contributed by atoms with Crippen LogP contribution < -0.4 is 15.0 Å². The van der Waals surface area contributed by atoms with Gasteiger partial charge in [0.2, 0.25) is 0 Å². The van der Waals surface area contributed by atoms with Crippen LogP contribution in [0.25, 0.3) is 0 Å². The Morgan fingerprint density at radius 1 is 1.44 bits per heavy atom. The molecule has 1 aromatic rings. The molecule has 0 aliphatic carbocycles. The number of hydrogen-bond acceptors (Lipinski definition) is 1. The number of benzene rings is 1. The molecule has 0 bridgehead atoms. The van der Waals surface area contributed by atoms with Crippen LogP contribution in [0.5, 0.6) is 5.75 Å². The molecule has 3 heteroatoms. The second kappa shape index (κ2) is 4.85. The highest BCUT2D eigenvalue weighted by atomic mass is 16.5. The lowest BCUT2D eigenvalue weighted by Crippen LogP contribution is -3.10. The molecule has 0 fully saturated rings. The van der Waals surface area contributed by atoms with Crippen molar-refractivity contribution in [2.75, 3.05) is 27.2 Å². The van der Waals surface area contributed by atoms with E-state index in [-0.39, 0.29) is 0 Å². The molecular weight excluding hydrogens is 200 g/mol. The second-order valence-corrected chi connectivity index (χ2v) is 4.65. The number of likely N-dealkylation sites (N-methyl/N-ethyl adjacent to an activating group) is 1. The number of nitrogens with two attached hydrogens (primary N) is 1. The fraction of sp³-hybridized carbons (Fsp3) is 0.538. The molecule has 16 heavy (non-hydrogen) atoms. The Kier molecular flexibility index (Phi) is 3.46. The van der Waals surface area contributed by atoms with Crippen LogP contribution >= 0.6 is 0 Å². The van der Waals surface area contributed by atoms with Crippen LogP contribution in [0.2, 0.25) is 0 Å². The molecule has 3 N–H and O–H groups in total. The van der Waals surface area contributed by atoms with Crippen LogP contribution in [-0.4, -0.2) is 27.2 Å². The summed E-state index contributed by atoms with van der Waals surface area (Å²) in [4.78, 5) is 1.50. The Morgan fingerprint density at radius 2 is 2.25 bits per heavy atom. The molecule has 1 atom stereocenters. The first-order chi connectivity index (χ1) is 7.72. The summed E-state index contributed by atoms with van der Waals surface area (Å²) in [5.41, 5.74) is 2.93. The van der Waals surface area contributed by atoms with E-state index >= 15 is 0 Å². The zero-order valence-corrected chi connectivity index (χ0v) is 10.4. The molecule has 1 aliphatic heterocycles. The van der Waals surface area contributed by atoms with Crippen molar-refractivity contribution in [2.45, 2.75) is 19.5 Å². The van der Waals surface area contributed by atoms with Gasteiger partial charge in [-0.25, -0.2) is 0 Å². The highest BCUT2D eigenvalue weighted by Crippen LogP contribution is 2.22. The summed E-state index contributed by atoms with van der Waals surface area (Å²) >= 11 is 0. The first kappa shape index (κ1) is 11.4. The third-order valence-corrected chi connectivity index (χ3v) is 3.26. The van der Waals surface area contributed by atoms with Crippen LogP contribution in [0.1, 0.15) is 24.1 Å². The molecule has 1 aliphatic rings. The van der Waals surface area contributed by atoms with Crippen molar-refractivity contribution in [1.29, 1.82) is 0 Å². The number of fused-ring (bicyclic) bond motifs is 1. The molecule has 0 saturated carbocycles. The fourth-order valence-corrected chi connectivity index (χ4v) is 2.43. The Bertz CT molecular complexity index is 363. The van der Waals surface area contributed by atoms with Crippen molar-refractivity contribution in [3.63, 3.8) is 0 Å². The molecule has 1 aromatic carbocycles. The van der Waals surface area contributed by atoms with Gasteiger partial charge in [0.1, 0.15) is 18.8 Å². The van der Waals surface area contributed by atoms with Crippen molar-refractivity contribution < 1.29 is 15.0 Å². The number of quaternary nitrogens is 2. The molecule has 0 radical (unpaired) electrons. The van der Waals surface area contributed by atoms with Gasteiger partial charge in [0.25, 0.3) is 0 Å². The van der Waals surface area contributed by atoms with Gasteiger partial charge in [0, 0.05) is 11.1 Å². The third kappa shape index (κ3) is 2.20. The van der Waals surface area contributed by atoms with Crippen molar-refractivity contribution in [3.8, 4) is 5.75 Å². The van der Waals surface area contributed by atoms with Gasteiger partial charge in [0.05, 0.1) is 20.7 Å². The number of hydrogen-bond donors (Lipinski definition) is 2. The van der Waals surface area contributed by atoms with Crippen LogP contribution in [0.4, 0.5) is 0 Å². The summed E-state index contributed by atoms with van der Waals surface area (Å²) in [5.74, 6) is 1.00. The monoisotopic (exact) mass is 222 g/mol. The van der Waals surface area contributed by atoms with Gasteiger partial charge >= 0.3 is 0 Å². The molecule has 0 unspecified atom stereocenters. The molecule has 0 aromatic heterocycles. The van der Waals surface area contributed by atoms with E-state index in [9.17, 15) is 0 Å². The summed E-state index contributed by atoms with van der Waals surface area (Å²) in [6, 6.07) is 7.15. The number of ether oxygens (including phenoxy) is 1. The first-order valence-corrected chi connectivity index (χ1v) is 6.09. The van der Waals surface area contributed by atoms with E-state index in [1.54, 1.807) is 0 Å². The average Bonchev–Trinajstić information content (AvgIpc) is 2.28. The van der Waals surface area contributed by atoms with Crippen LogP contribution in [0.3, 0.4) is 0 Å². The lowest BCUT2D eigenvalue weighted by Gasteiger charge is -2.26. The summed E-state index contributed by atoms with van der Waals surface area (Å²) in [5, 5.41) is 2.38. The van der Waals surface area contributed by atoms with E-state index in [4.69, 9.17) is 4.74 Å². The molecule has 88 valence electrons. The SMILES string of the molecule is CCOc1ccc2c(c1)C[NH2+]C[C@@H]2[NH+](C)C. The smallest absolute Gasteiger partial charge is 0.163 e. The molecular formula is C13H22N2O+2. The van der Waals surface area contributed by atoms with Crippen molar-refractivity contribution in [1.82, 2.24) is 0 Å². The maximum Gasteiger partial charge on any atom is 0.163 e. The van der Waals surface area contributed by atoms with Gasteiger partial charge in [0.15, 0.2) is 6.04 Å². The predicted molar refractivity (Wildman–Crippen MR) is 63.7 cm³/mol. The summed E-state index contributed by atoms with van der Waals surface area (Å²) in [6.07, 6.45) is 0. The Balaban J connectivity index is 2.29.